The number of hydrogen-bond acceptors (Lipinski definition) is 5. The normalized spacial score (nSPS) is 18.2. The Morgan fingerprint density at radius 1 is 1.27 bits per heavy atom. The zero-order valence-corrected chi connectivity index (χ0v) is 11.8. The number of aromatic nitrogens is 2. The van der Waals surface area contributed by atoms with Gasteiger partial charge in [-0.15, -0.1) is 0 Å². The molecule has 0 spiro atoms. The summed E-state index contributed by atoms with van der Waals surface area (Å²) in [5.41, 5.74) is 0.884. The quantitative estimate of drug-likeness (QED) is 0.928. The monoisotopic (exact) mass is 301 g/mol. The first-order valence-electron chi connectivity index (χ1n) is 7.07. The van der Waals surface area contributed by atoms with E-state index in [2.05, 4.69) is 10.1 Å². The maximum Gasteiger partial charge on any atom is 0.326 e. The Balaban J connectivity index is 1.83. The number of nitrogens with zero attached hydrogens (tertiary/aromatic N) is 3. The van der Waals surface area contributed by atoms with Crippen LogP contribution < -0.4 is 0 Å². The number of rotatable bonds is 3. The third-order valence-corrected chi connectivity index (χ3v) is 3.74. The maximum absolute atomic E-state index is 12.5. The van der Waals surface area contributed by atoms with Gasteiger partial charge in [0.15, 0.2) is 11.5 Å². The van der Waals surface area contributed by atoms with E-state index in [4.69, 9.17) is 4.52 Å². The zero-order valence-electron chi connectivity index (χ0n) is 11.8. The van der Waals surface area contributed by atoms with E-state index in [-0.39, 0.29) is 5.69 Å². The smallest absolute Gasteiger partial charge is 0.326 e. The molecule has 0 bridgehead atoms. The molecule has 3 rings (SSSR count). The van der Waals surface area contributed by atoms with Crippen molar-refractivity contribution < 1.29 is 19.2 Å². The average molecular weight is 301 g/mol. The number of amides is 1. The van der Waals surface area contributed by atoms with Crippen LogP contribution in [-0.2, 0) is 4.79 Å². The van der Waals surface area contributed by atoms with E-state index >= 15 is 0 Å². The highest BCUT2D eigenvalue weighted by molar-refractivity contribution is 5.95. The lowest BCUT2D eigenvalue weighted by molar-refractivity contribution is -0.143. The molecule has 22 heavy (non-hydrogen) atoms. The van der Waals surface area contributed by atoms with Crippen LogP contribution in [0.25, 0.3) is 11.3 Å². The molecule has 2 aromatic rings. The predicted octanol–water partition coefficient (Wildman–Crippen LogP) is 1.82. The van der Waals surface area contributed by atoms with E-state index < -0.39 is 17.9 Å². The Kier molecular flexibility index (Phi) is 3.86. The second kappa shape index (κ2) is 5.97. The van der Waals surface area contributed by atoms with E-state index in [1.165, 1.54) is 11.0 Å². The third kappa shape index (κ3) is 2.69. The molecule has 3 heterocycles. The molecule has 0 saturated carbocycles. The van der Waals surface area contributed by atoms with Crippen LogP contribution in [0, 0.1) is 0 Å². The van der Waals surface area contributed by atoms with Crippen molar-refractivity contribution >= 4 is 11.9 Å². The molecule has 1 aliphatic heterocycles. The molecule has 1 N–H and O–H groups in total. The van der Waals surface area contributed by atoms with Gasteiger partial charge in [0.05, 0.1) is 0 Å². The fourth-order valence-electron chi connectivity index (χ4n) is 2.61. The lowest BCUT2D eigenvalue weighted by atomic mass is 10.0. The molecular formula is C15H15N3O4. The Morgan fingerprint density at radius 3 is 2.77 bits per heavy atom. The summed E-state index contributed by atoms with van der Waals surface area (Å²) in [5, 5.41) is 13.0. The van der Waals surface area contributed by atoms with Crippen LogP contribution >= 0.6 is 0 Å². The number of carbonyl (C=O) groups excluding carboxylic acids is 1. The first-order chi connectivity index (χ1) is 10.7. The van der Waals surface area contributed by atoms with Gasteiger partial charge in [-0.1, -0.05) is 5.16 Å². The van der Waals surface area contributed by atoms with Crippen molar-refractivity contribution in [2.24, 2.45) is 0 Å². The molecule has 1 aliphatic rings. The van der Waals surface area contributed by atoms with E-state index in [9.17, 15) is 14.7 Å². The molecule has 1 atom stereocenters. The highest BCUT2D eigenvalue weighted by Crippen LogP contribution is 2.23. The Morgan fingerprint density at radius 2 is 2.05 bits per heavy atom. The summed E-state index contributed by atoms with van der Waals surface area (Å²) in [5.74, 6) is -0.934. The highest BCUT2D eigenvalue weighted by Gasteiger charge is 2.33. The van der Waals surface area contributed by atoms with Crippen molar-refractivity contribution in [1.82, 2.24) is 15.0 Å². The van der Waals surface area contributed by atoms with E-state index in [0.717, 1.165) is 18.4 Å². The Hall–Kier alpha value is -2.70. The van der Waals surface area contributed by atoms with Crippen molar-refractivity contribution in [2.45, 2.75) is 25.3 Å². The number of aliphatic carboxylic acids is 1. The molecule has 1 fully saturated rings. The second-order valence-corrected chi connectivity index (χ2v) is 5.16. The van der Waals surface area contributed by atoms with Gasteiger partial charge in [0, 0.05) is 30.6 Å². The number of carboxylic acid groups (broad SMARTS) is 1. The minimum Gasteiger partial charge on any atom is -0.480 e. The number of carboxylic acids is 1. The van der Waals surface area contributed by atoms with Gasteiger partial charge in [-0.3, -0.25) is 9.78 Å². The number of piperidine rings is 1. The molecule has 7 heteroatoms. The summed E-state index contributed by atoms with van der Waals surface area (Å²) >= 11 is 0. The minimum absolute atomic E-state index is 0.125. The SMILES string of the molecule is O=C(O)C1CCCCN1C(=O)c1cc(-c2ccncc2)on1. The van der Waals surface area contributed by atoms with Crippen LogP contribution in [0.15, 0.2) is 35.1 Å². The van der Waals surface area contributed by atoms with E-state index in [0.29, 0.717) is 18.7 Å². The van der Waals surface area contributed by atoms with E-state index in [1.54, 1.807) is 24.5 Å². The lowest BCUT2D eigenvalue weighted by Gasteiger charge is -2.32. The largest absolute Gasteiger partial charge is 0.480 e. The van der Waals surface area contributed by atoms with Crippen LogP contribution in [-0.4, -0.2) is 44.6 Å². The molecule has 0 radical (unpaired) electrons. The fraction of sp³-hybridized carbons (Fsp3) is 0.333. The number of carbonyl (C=O) groups is 2. The topological polar surface area (TPSA) is 96.5 Å². The average Bonchev–Trinajstić information content (AvgIpc) is 3.05. The predicted molar refractivity (Wildman–Crippen MR) is 76.0 cm³/mol. The second-order valence-electron chi connectivity index (χ2n) is 5.16. The lowest BCUT2D eigenvalue weighted by Crippen LogP contribution is -2.48. The number of pyridine rings is 1. The van der Waals surface area contributed by atoms with Crippen molar-refractivity contribution in [2.75, 3.05) is 6.54 Å². The van der Waals surface area contributed by atoms with Crippen LogP contribution in [0.1, 0.15) is 29.8 Å². The molecule has 7 nitrogen and oxygen atoms in total. The van der Waals surface area contributed by atoms with Crippen molar-refractivity contribution in [1.29, 1.82) is 0 Å². The molecule has 0 aliphatic carbocycles. The van der Waals surface area contributed by atoms with Gasteiger partial charge in [-0.2, -0.15) is 0 Å². The van der Waals surface area contributed by atoms with E-state index in [1.807, 2.05) is 0 Å². The fourth-order valence-corrected chi connectivity index (χ4v) is 2.61. The molecule has 2 aromatic heterocycles. The molecule has 114 valence electrons. The van der Waals surface area contributed by atoms with Gasteiger partial charge in [0.2, 0.25) is 0 Å². The standard InChI is InChI=1S/C15H15N3O4/c19-14(18-8-2-1-3-12(18)15(20)21)11-9-13(22-17-11)10-4-6-16-7-5-10/h4-7,9,12H,1-3,8H2,(H,20,21). The molecule has 0 aromatic carbocycles. The zero-order chi connectivity index (χ0) is 15.5. The van der Waals surface area contributed by atoms with Gasteiger partial charge in [0.1, 0.15) is 6.04 Å². The van der Waals surface area contributed by atoms with Gasteiger partial charge < -0.3 is 14.5 Å². The Bertz CT molecular complexity index is 683. The Labute approximate surface area is 126 Å². The third-order valence-electron chi connectivity index (χ3n) is 3.74. The van der Waals surface area contributed by atoms with Gasteiger partial charge in [-0.05, 0) is 31.4 Å². The number of likely N-dealkylation sites (tertiary alicyclic amines) is 1. The van der Waals surface area contributed by atoms with Crippen LogP contribution in [0.3, 0.4) is 0 Å². The summed E-state index contributed by atoms with van der Waals surface area (Å²) in [6.45, 7) is 0.424. The highest BCUT2D eigenvalue weighted by atomic mass is 16.5. The number of hydrogen-bond donors (Lipinski definition) is 1. The van der Waals surface area contributed by atoms with Crippen molar-refractivity contribution in [3.63, 3.8) is 0 Å². The summed E-state index contributed by atoms with van der Waals surface area (Å²) in [6, 6.07) is 4.23. The van der Waals surface area contributed by atoms with Crippen LogP contribution in [0.2, 0.25) is 0 Å². The summed E-state index contributed by atoms with van der Waals surface area (Å²) in [7, 11) is 0. The first kappa shape index (κ1) is 14.2. The molecule has 1 saturated heterocycles. The maximum atomic E-state index is 12.5. The van der Waals surface area contributed by atoms with Crippen LogP contribution in [0.4, 0.5) is 0 Å². The molecule has 1 amide bonds. The minimum atomic E-state index is -0.981. The summed E-state index contributed by atoms with van der Waals surface area (Å²) in [6.07, 6.45) is 5.30. The van der Waals surface area contributed by atoms with Crippen LogP contribution in [0.5, 0.6) is 0 Å². The van der Waals surface area contributed by atoms with Gasteiger partial charge in [0.25, 0.3) is 5.91 Å². The van der Waals surface area contributed by atoms with Crippen molar-refractivity contribution in [3.05, 3.63) is 36.3 Å². The summed E-state index contributed by atoms with van der Waals surface area (Å²) in [4.78, 5) is 29.0. The molecular weight excluding hydrogens is 286 g/mol. The summed E-state index contributed by atoms with van der Waals surface area (Å²) < 4.78 is 5.19. The first-order valence-corrected chi connectivity index (χ1v) is 7.07. The molecule has 1 unspecified atom stereocenters. The van der Waals surface area contributed by atoms with Gasteiger partial charge in [-0.25, -0.2) is 4.79 Å². The van der Waals surface area contributed by atoms with Gasteiger partial charge >= 0.3 is 5.97 Å². The van der Waals surface area contributed by atoms with Crippen molar-refractivity contribution in [3.8, 4) is 11.3 Å².